The van der Waals surface area contributed by atoms with Crippen molar-refractivity contribution in [3.8, 4) is 0 Å². The molecule has 0 radical (unpaired) electrons. The van der Waals surface area contributed by atoms with Crippen molar-refractivity contribution in [2.45, 2.75) is 38.5 Å². The molecule has 0 unspecified atom stereocenters. The Hall–Kier alpha value is -3.13. The van der Waals surface area contributed by atoms with E-state index in [1.54, 1.807) is 39.0 Å². The molecule has 158 valence electrons. The number of hydrogen-bond acceptors (Lipinski definition) is 5. The molecule has 30 heavy (non-hydrogen) atoms. The number of amides is 2. The predicted octanol–water partition coefficient (Wildman–Crippen LogP) is 3.88. The van der Waals surface area contributed by atoms with Crippen molar-refractivity contribution in [2.24, 2.45) is 0 Å². The van der Waals surface area contributed by atoms with Crippen molar-refractivity contribution in [1.29, 1.82) is 0 Å². The van der Waals surface area contributed by atoms with Gasteiger partial charge >= 0.3 is 6.09 Å². The SMILES string of the molecule is CC(C)(C)OC(=O)N[C@]1(C[N+](=O)[O-])C(=O)N(Cc2ccccc2)c2c(Cl)cccc21. The highest BCUT2D eigenvalue weighted by Crippen LogP contribution is 2.45. The Morgan fingerprint density at radius 3 is 2.47 bits per heavy atom. The number of carbonyl (C=O) groups excluding carboxylic acids is 2. The molecule has 1 aliphatic heterocycles. The van der Waals surface area contributed by atoms with Gasteiger partial charge in [-0.25, -0.2) is 4.79 Å². The molecule has 0 saturated heterocycles. The topological polar surface area (TPSA) is 102 Å². The molecule has 1 atom stereocenters. The number of ether oxygens (including phenoxy) is 1. The van der Waals surface area contributed by atoms with Gasteiger partial charge in [0.1, 0.15) is 5.60 Å². The average molecular weight is 432 g/mol. The lowest BCUT2D eigenvalue weighted by Crippen LogP contribution is -2.57. The zero-order chi connectivity index (χ0) is 22.1. The van der Waals surface area contributed by atoms with Crippen molar-refractivity contribution in [2.75, 3.05) is 11.4 Å². The fourth-order valence-corrected chi connectivity index (χ4v) is 3.76. The van der Waals surface area contributed by atoms with Crippen molar-refractivity contribution >= 4 is 29.3 Å². The van der Waals surface area contributed by atoms with Gasteiger partial charge < -0.3 is 9.64 Å². The summed E-state index contributed by atoms with van der Waals surface area (Å²) in [6.45, 7) is 4.29. The molecule has 0 saturated carbocycles. The van der Waals surface area contributed by atoms with Gasteiger partial charge in [0, 0.05) is 10.5 Å². The van der Waals surface area contributed by atoms with E-state index in [0.717, 1.165) is 5.56 Å². The zero-order valence-corrected chi connectivity index (χ0v) is 17.6. The third kappa shape index (κ3) is 4.23. The number of carbonyl (C=O) groups is 2. The van der Waals surface area contributed by atoms with Gasteiger partial charge in [-0.05, 0) is 32.4 Å². The third-order valence-electron chi connectivity index (χ3n) is 4.59. The van der Waals surface area contributed by atoms with Crippen LogP contribution in [0.3, 0.4) is 0 Å². The van der Waals surface area contributed by atoms with Crippen molar-refractivity contribution in [3.63, 3.8) is 0 Å². The number of hydrogen-bond donors (Lipinski definition) is 1. The fraction of sp³-hybridized carbons (Fsp3) is 0.333. The number of para-hydroxylation sites is 1. The summed E-state index contributed by atoms with van der Waals surface area (Å²) in [6, 6.07) is 13.9. The Labute approximate surface area is 178 Å². The maximum Gasteiger partial charge on any atom is 0.408 e. The van der Waals surface area contributed by atoms with Crippen LogP contribution in [0.25, 0.3) is 0 Å². The molecule has 3 rings (SSSR count). The number of nitrogens with zero attached hydrogens (tertiary/aromatic N) is 2. The van der Waals surface area contributed by atoms with E-state index in [-0.39, 0.29) is 17.1 Å². The Kier molecular flexibility index (Phi) is 5.72. The predicted molar refractivity (Wildman–Crippen MR) is 112 cm³/mol. The molecule has 0 bridgehead atoms. The van der Waals surface area contributed by atoms with E-state index in [2.05, 4.69) is 5.32 Å². The van der Waals surface area contributed by atoms with E-state index in [4.69, 9.17) is 16.3 Å². The molecular weight excluding hydrogens is 410 g/mol. The second-order valence-corrected chi connectivity index (χ2v) is 8.44. The first kappa shape index (κ1) is 21.6. The molecule has 1 heterocycles. The van der Waals surface area contributed by atoms with Gasteiger partial charge in [-0.3, -0.25) is 20.2 Å². The van der Waals surface area contributed by atoms with Crippen LogP contribution < -0.4 is 10.2 Å². The third-order valence-corrected chi connectivity index (χ3v) is 4.90. The van der Waals surface area contributed by atoms with Crippen LogP contribution in [-0.4, -0.2) is 29.1 Å². The normalized spacial score (nSPS) is 18.1. The smallest absolute Gasteiger partial charge is 0.408 e. The number of anilines is 1. The summed E-state index contributed by atoms with van der Waals surface area (Å²) in [7, 11) is 0. The lowest BCUT2D eigenvalue weighted by Gasteiger charge is -2.28. The van der Waals surface area contributed by atoms with E-state index in [1.165, 1.54) is 4.90 Å². The quantitative estimate of drug-likeness (QED) is 0.571. The van der Waals surface area contributed by atoms with Gasteiger partial charge in [-0.2, -0.15) is 0 Å². The van der Waals surface area contributed by atoms with E-state index < -0.39 is 34.6 Å². The molecule has 0 fully saturated rings. The van der Waals surface area contributed by atoms with Crippen LogP contribution in [0, 0.1) is 10.1 Å². The number of rotatable bonds is 5. The summed E-state index contributed by atoms with van der Waals surface area (Å²) in [5.74, 6) is -0.642. The van der Waals surface area contributed by atoms with E-state index in [9.17, 15) is 19.7 Å². The summed E-state index contributed by atoms with van der Waals surface area (Å²) >= 11 is 6.40. The van der Waals surface area contributed by atoms with Gasteiger partial charge in [-0.1, -0.05) is 54.1 Å². The molecule has 1 N–H and O–H groups in total. The zero-order valence-electron chi connectivity index (χ0n) is 16.8. The summed E-state index contributed by atoms with van der Waals surface area (Å²) < 4.78 is 5.28. The van der Waals surface area contributed by atoms with Gasteiger partial charge in [0.25, 0.3) is 5.91 Å². The van der Waals surface area contributed by atoms with Crippen LogP contribution in [0.4, 0.5) is 10.5 Å². The van der Waals surface area contributed by atoms with Crippen LogP contribution >= 0.6 is 11.6 Å². The molecule has 8 nitrogen and oxygen atoms in total. The molecule has 0 aliphatic carbocycles. The molecule has 0 spiro atoms. The molecule has 0 aromatic heterocycles. The van der Waals surface area contributed by atoms with Gasteiger partial charge in [0.15, 0.2) is 0 Å². The standard InChI is InChI=1S/C21H22ClN3O5/c1-20(2,3)30-19(27)23-21(13-25(28)29)15-10-7-11-16(22)17(15)24(18(21)26)12-14-8-5-4-6-9-14/h4-11H,12-13H2,1-3H3,(H,23,27)/t21-/m0/s1. The Bertz CT molecular complexity index is 990. The summed E-state index contributed by atoms with van der Waals surface area (Å²) in [5.41, 5.74) is -1.36. The van der Waals surface area contributed by atoms with Crippen LogP contribution in [0.15, 0.2) is 48.5 Å². The average Bonchev–Trinajstić information content (AvgIpc) is 2.84. The van der Waals surface area contributed by atoms with Gasteiger partial charge in [0.05, 0.1) is 17.3 Å². The van der Waals surface area contributed by atoms with Gasteiger partial charge in [0.2, 0.25) is 12.1 Å². The van der Waals surface area contributed by atoms with Crippen molar-refractivity contribution in [1.82, 2.24) is 5.32 Å². The second-order valence-electron chi connectivity index (χ2n) is 8.04. The van der Waals surface area contributed by atoms with E-state index >= 15 is 0 Å². The number of halogens is 1. The number of benzene rings is 2. The first-order valence-electron chi connectivity index (χ1n) is 9.31. The van der Waals surface area contributed by atoms with Crippen molar-refractivity contribution in [3.05, 3.63) is 74.8 Å². The number of nitrogens with one attached hydrogen (secondary N) is 1. The number of nitro groups is 1. The monoisotopic (exact) mass is 431 g/mol. The maximum absolute atomic E-state index is 13.6. The maximum atomic E-state index is 13.6. The molecule has 2 aromatic carbocycles. The van der Waals surface area contributed by atoms with E-state index in [1.807, 2.05) is 30.3 Å². The summed E-state index contributed by atoms with van der Waals surface area (Å²) in [6.07, 6.45) is -0.926. The van der Waals surface area contributed by atoms with E-state index in [0.29, 0.717) is 5.69 Å². The molecular formula is C21H22ClN3O5. The van der Waals surface area contributed by atoms with Crippen LogP contribution in [0.2, 0.25) is 5.02 Å². The van der Waals surface area contributed by atoms with Crippen LogP contribution in [0.5, 0.6) is 0 Å². The lowest BCUT2D eigenvalue weighted by atomic mass is 9.91. The Morgan fingerprint density at radius 2 is 1.87 bits per heavy atom. The number of fused-ring (bicyclic) bond motifs is 1. The highest BCUT2D eigenvalue weighted by atomic mass is 35.5. The number of alkyl carbamates (subject to hydrolysis) is 1. The van der Waals surface area contributed by atoms with Crippen LogP contribution in [0.1, 0.15) is 31.9 Å². The summed E-state index contributed by atoms with van der Waals surface area (Å²) in [4.78, 5) is 38.4. The highest BCUT2D eigenvalue weighted by molar-refractivity contribution is 6.35. The lowest BCUT2D eigenvalue weighted by molar-refractivity contribution is -0.488. The largest absolute Gasteiger partial charge is 0.444 e. The minimum Gasteiger partial charge on any atom is -0.444 e. The highest BCUT2D eigenvalue weighted by Gasteiger charge is 2.57. The second kappa shape index (κ2) is 7.95. The Morgan fingerprint density at radius 1 is 1.20 bits per heavy atom. The first-order chi connectivity index (χ1) is 14.0. The van der Waals surface area contributed by atoms with Crippen molar-refractivity contribution < 1.29 is 19.2 Å². The Balaban J connectivity index is 2.10. The van der Waals surface area contributed by atoms with Gasteiger partial charge in [-0.15, -0.1) is 0 Å². The fourth-order valence-electron chi connectivity index (χ4n) is 3.48. The molecule has 2 aromatic rings. The summed E-state index contributed by atoms with van der Waals surface area (Å²) in [5, 5.41) is 14.3. The first-order valence-corrected chi connectivity index (χ1v) is 9.69. The molecule has 2 amide bonds. The minimum atomic E-state index is -1.93. The molecule has 1 aliphatic rings. The van der Waals surface area contributed by atoms with Crippen LogP contribution in [-0.2, 0) is 21.6 Å². The minimum absolute atomic E-state index is 0.145. The molecule has 9 heteroatoms.